The number of nitriles is 1. The Morgan fingerprint density at radius 2 is 1.67 bits per heavy atom. The predicted octanol–water partition coefficient (Wildman–Crippen LogP) is 3.96. The molecule has 0 amide bonds. The van der Waals surface area contributed by atoms with Gasteiger partial charge in [0.1, 0.15) is 0 Å². The zero-order chi connectivity index (χ0) is 12.4. The minimum Gasteiger partial charge on any atom is -0.198 e. The first-order valence-corrected chi connectivity index (χ1v) is 6.13. The van der Waals surface area contributed by atoms with Crippen molar-refractivity contribution in [3.8, 4) is 6.07 Å². The quantitative estimate of drug-likeness (QED) is 0.767. The summed E-state index contributed by atoms with van der Waals surface area (Å²) < 4.78 is 0. The molecule has 1 heteroatoms. The smallest absolute Gasteiger partial charge is 0.0666 e. The van der Waals surface area contributed by atoms with Gasteiger partial charge in [-0.05, 0) is 34.3 Å². The molecule has 0 radical (unpaired) electrons. The van der Waals surface area contributed by atoms with Gasteiger partial charge in [0.25, 0.3) is 0 Å². The molecule has 0 saturated carbocycles. The first-order valence-electron chi connectivity index (χ1n) is 6.13. The average molecular weight is 231 g/mol. The monoisotopic (exact) mass is 231 g/mol. The molecule has 0 unspecified atom stereocenters. The molecule has 1 aliphatic carbocycles. The molecule has 0 saturated heterocycles. The number of rotatable bonds is 2. The van der Waals surface area contributed by atoms with E-state index in [2.05, 4.69) is 42.5 Å². The lowest BCUT2D eigenvalue weighted by molar-refractivity contribution is 1.11. The van der Waals surface area contributed by atoms with Crippen LogP contribution in [-0.2, 0) is 6.42 Å². The second-order valence-electron chi connectivity index (χ2n) is 4.51. The fraction of sp³-hybridized carbons (Fsp3) is 0.118. The van der Waals surface area contributed by atoms with E-state index in [1.807, 2.05) is 18.2 Å². The molecular formula is C17H13N. The molecule has 18 heavy (non-hydrogen) atoms. The third-order valence-corrected chi connectivity index (χ3v) is 3.40. The molecule has 0 aliphatic heterocycles. The second-order valence-corrected chi connectivity index (χ2v) is 4.51. The van der Waals surface area contributed by atoms with Crippen molar-refractivity contribution in [2.75, 3.05) is 0 Å². The molecule has 0 aromatic heterocycles. The van der Waals surface area contributed by atoms with Crippen LogP contribution in [0.25, 0.3) is 5.57 Å². The van der Waals surface area contributed by atoms with Gasteiger partial charge in [-0.3, -0.25) is 0 Å². The fourth-order valence-electron chi connectivity index (χ4n) is 2.64. The summed E-state index contributed by atoms with van der Waals surface area (Å²) in [5.74, 6) is 0. The van der Waals surface area contributed by atoms with Gasteiger partial charge in [0.05, 0.1) is 12.5 Å². The summed E-state index contributed by atoms with van der Waals surface area (Å²) >= 11 is 0. The maximum atomic E-state index is 8.99. The summed E-state index contributed by atoms with van der Waals surface area (Å²) in [5.41, 5.74) is 6.33. The topological polar surface area (TPSA) is 23.8 Å². The molecule has 0 heterocycles. The van der Waals surface area contributed by atoms with E-state index in [0.29, 0.717) is 6.42 Å². The molecule has 0 spiro atoms. The highest BCUT2D eigenvalue weighted by molar-refractivity contribution is 5.87. The first-order chi connectivity index (χ1) is 8.90. The van der Waals surface area contributed by atoms with Crippen molar-refractivity contribution < 1.29 is 0 Å². The second kappa shape index (κ2) is 4.50. The van der Waals surface area contributed by atoms with Crippen molar-refractivity contribution in [2.24, 2.45) is 0 Å². The van der Waals surface area contributed by atoms with E-state index in [0.717, 1.165) is 6.42 Å². The molecule has 0 atom stereocenters. The zero-order valence-electron chi connectivity index (χ0n) is 10.1. The Balaban J connectivity index is 2.18. The molecule has 2 aromatic rings. The van der Waals surface area contributed by atoms with Crippen LogP contribution in [0, 0.1) is 11.3 Å². The summed E-state index contributed by atoms with van der Waals surface area (Å²) in [5, 5.41) is 8.99. The molecule has 86 valence electrons. The Morgan fingerprint density at radius 1 is 0.944 bits per heavy atom. The first kappa shape index (κ1) is 10.8. The lowest BCUT2D eigenvalue weighted by Crippen LogP contribution is -1.87. The normalized spacial score (nSPS) is 13.3. The van der Waals surface area contributed by atoms with Crippen LogP contribution in [0.3, 0.4) is 0 Å². The third-order valence-electron chi connectivity index (χ3n) is 3.40. The van der Waals surface area contributed by atoms with Gasteiger partial charge >= 0.3 is 0 Å². The summed E-state index contributed by atoms with van der Waals surface area (Å²) in [6.45, 7) is 0. The van der Waals surface area contributed by atoms with Crippen LogP contribution < -0.4 is 0 Å². The molecule has 0 fully saturated rings. The highest BCUT2D eigenvalue weighted by Crippen LogP contribution is 2.38. The van der Waals surface area contributed by atoms with E-state index in [4.69, 9.17) is 5.26 Å². The van der Waals surface area contributed by atoms with Crippen LogP contribution in [0.2, 0.25) is 0 Å². The standard InChI is InChI=1S/C17H13N/c18-11-10-15-12-14-8-4-5-9-16(14)17(15)13-6-2-1-3-7-13/h1-9H,10,12H2. The van der Waals surface area contributed by atoms with Gasteiger partial charge in [0.15, 0.2) is 0 Å². The SMILES string of the molecule is N#CCC1=C(c2ccccc2)c2ccccc2C1. The highest BCUT2D eigenvalue weighted by Gasteiger charge is 2.21. The van der Waals surface area contributed by atoms with E-state index in [-0.39, 0.29) is 0 Å². The van der Waals surface area contributed by atoms with Crippen LogP contribution in [-0.4, -0.2) is 0 Å². The number of nitrogens with zero attached hydrogens (tertiary/aromatic N) is 1. The molecule has 0 bridgehead atoms. The lowest BCUT2D eigenvalue weighted by Gasteiger charge is -2.07. The van der Waals surface area contributed by atoms with Gasteiger partial charge in [-0.15, -0.1) is 0 Å². The van der Waals surface area contributed by atoms with Crippen molar-refractivity contribution in [3.05, 3.63) is 76.9 Å². The van der Waals surface area contributed by atoms with Crippen LogP contribution in [0.15, 0.2) is 60.2 Å². The highest BCUT2D eigenvalue weighted by atomic mass is 14.3. The Bertz CT molecular complexity index is 645. The maximum Gasteiger partial charge on any atom is 0.0666 e. The zero-order valence-corrected chi connectivity index (χ0v) is 10.1. The average Bonchev–Trinajstić information content (AvgIpc) is 2.78. The van der Waals surface area contributed by atoms with Crippen LogP contribution in [0.1, 0.15) is 23.1 Å². The molecule has 1 nitrogen and oxygen atoms in total. The molecular weight excluding hydrogens is 218 g/mol. The maximum absolute atomic E-state index is 8.99. The van der Waals surface area contributed by atoms with Crippen molar-refractivity contribution in [1.29, 1.82) is 5.26 Å². The third kappa shape index (κ3) is 1.72. The Labute approximate surface area is 107 Å². The predicted molar refractivity (Wildman–Crippen MR) is 72.8 cm³/mol. The number of hydrogen-bond donors (Lipinski definition) is 0. The fourth-order valence-corrected chi connectivity index (χ4v) is 2.64. The van der Waals surface area contributed by atoms with E-state index in [1.54, 1.807) is 0 Å². The minimum absolute atomic E-state index is 0.513. The van der Waals surface area contributed by atoms with Crippen molar-refractivity contribution in [3.63, 3.8) is 0 Å². The van der Waals surface area contributed by atoms with Gasteiger partial charge < -0.3 is 0 Å². The molecule has 0 N–H and O–H groups in total. The van der Waals surface area contributed by atoms with Gasteiger partial charge in [0.2, 0.25) is 0 Å². The van der Waals surface area contributed by atoms with Crippen LogP contribution >= 0.6 is 0 Å². The molecule has 2 aromatic carbocycles. The number of hydrogen-bond acceptors (Lipinski definition) is 1. The van der Waals surface area contributed by atoms with E-state index in [9.17, 15) is 0 Å². The number of benzene rings is 2. The number of fused-ring (bicyclic) bond motifs is 1. The summed E-state index contributed by atoms with van der Waals surface area (Å²) in [7, 11) is 0. The van der Waals surface area contributed by atoms with Crippen molar-refractivity contribution in [1.82, 2.24) is 0 Å². The Hall–Kier alpha value is -2.33. The van der Waals surface area contributed by atoms with E-state index in [1.165, 1.54) is 27.8 Å². The molecule has 1 aliphatic rings. The van der Waals surface area contributed by atoms with E-state index < -0.39 is 0 Å². The summed E-state index contributed by atoms with van der Waals surface area (Å²) in [6.07, 6.45) is 1.42. The Morgan fingerprint density at radius 3 is 2.44 bits per heavy atom. The Kier molecular flexibility index (Phi) is 2.70. The summed E-state index contributed by atoms with van der Waals surface area (Å²) in [4.78, 5) is 0. The van der Waals surface area contributed by atoms with Crippen molar-refractivity contribution >= 4 is 5.57 Å². The van der Waals surface area contributed by atoms with E-state index >= 15 is 0 Å². The largest absolute Gasteiger partial charge is 0.198 e. The lowest BCUT2D eigenvalue weighted by atomic mass is 9.97. The van der Waals surface area contributed by atoms with Crippen molar-refractivity contribution in [2.45, 2.75) is 12.8 Å². The van der Waals surface area contributed by atoms with Gasteiger partial charge in [-0.25, -0.2) is 0 Å². The molecule has 3 rings (SSSR count). The number of allylic oxidation sites excluding steroid dienone is 1. The van der Waals surface area contributed by atoms with Crippen LogP contribution in [0.5, 0.6) is 0 Å². The van der Waals surface area contributed by atoms with Gasteiger partial charge in [-0.1, -0.05) is 54.6 Å². The van der Waals surface area contributed by atoms with Gasteiger partial charge in [0, 0.05) is 0 Å². The summed E-state index contributed by atoms with van der Waals surface area (Å²) in [6, 6.07) is 21.1. The van der Waals surface area contributed by atoms with Gasteiger partial charge in [-0.2, -0.15) is 5.26 Å². The van der Waals surface area contributed by atoms with Crippen LogP contribution in [0.4, 0.5) is 0 Å². The minimum atomic E-state index is 0.513.